The van der Waals surface area contributed by atoms with Gasteiger partial charge < -0.3 is 11.0 Å². The molecule has 0 atom stereocenters. The van der Waals surface area contributed by atoms with Crippen molar-refractivity contribution in [2.24, 2.45) is 5.73 Å². The Balaban J connectivity index is 2.57. The molecule has 0 fully saturated rings. The van der Waals surface area contributed by atoms with Gasteiger partial charge in [0.05, 0.1) is 20.9 Å². The Hall–Kier alpha value is -2.21. The number of benzene rings is 1. The van der Waals surface area contributed by atoms with Crippen LogP contribution in [0.5, 0.6) is 0 Å². The van der Waals surface area contributed by atoms with Gasteiger partial charge in [-0.15, -0.1) is 0 Å². The molecule has 1 aromatic heterocycles. The Morgan fingerprint density at radius 2 is 2.32 bits per heavy atom. The van der Waals surface area contributed by atoms with E-state index in [1.165, 1.54) is 18.5 Å². The first-order valence-electron chi connectivity index (χ1n) is 7.11. The van der Waals surface area contributed by atoms with Crippen molar-refractivity contribution in [1.29, 1.82) is 0 Å². The summed E-state index contributed by atoms with van der Waals surface area (Å²) in [6, 6.07) is 1.83. The smallest absolute Gasteiger partial charge is 0.257 e. The first-order valence-corrected chi connectivity index (χ1v) is 5.90. The monoisotopic (exact) mass is 323 g/mol. The van der Waals surface area contributed by atoms with E-state index in [9.17, 15) is 9.59 Å². The molecule has 5 nitrogen and oxygen atoms in total. The molecule has 1 heterocycles. The van der Waals surface area contributed by atoms with Crippen LogP contribution < -0.4 is 11.0 Å². The number of primary amides is 1. The van der Waals surface area contributed by atoms with Crippen LogP contribution in [0.2, 0.25) is 1.41 Å². The number of carbonyl (C=O) groups is 2. The van der Waals surface area contributed by atoms with Crippen LogP contribution in [-0.4, -0.2) is 16.8 Å². The zero-order chi connectivity index (χ0) is 17.1. The van der Waals surface area contributed by atoms with Crippen molar-refractivity contribution < 1.29 is 15.1 Å². The summed E-state index contributed by atoms with van der Waals surface area (Å²) in [6.07, 6.45) is 2.79. The van der Waals surface area contributed by atoms with Gasteiger partial charge >= 0.3 is 0 Å². The Bertz CT molecular complexity index is 787. The highest BCUT2D eigenvalue weighted by molar-refractivity contribution is 9.10. The van der Waals surface area contributed by atoms with E-state index >= 15 is 0 Å². The minimum Gasteiger partial charge on any atom is -0.366 e. The number of anilines is 1. The van der Waals surface area contributed by atoms with Gasteiger partial charge in [-0.3, -0.25) is 14.6 Å². The minimum absolute atomic E-state index is 0.0366. The molecule has 19 heavy (non-hydrogen) atoms. The molecule has 1 aromatic carbocycles. The number of halogens is 1. The fourth-order valence-electron chi connectivity index (χ4n) is 1.33. The summed E-state index contributed by atoms with van der Waals surface area (Å²) >= 11 is 2.99. The third-order valence-corrected chi connectivity index (χ3v) is 2.57. The molecule has 0 bridgehead atoms. The number of aromatic nitrogens is 1. The highest BCUT2D eigenvalue weighted by Crippen LogP contribution is 2.21. The van der Waals surface area contributed by atoms with E-state index in [-0.39, 0.29) is 27.8 Å². The molecule has 96 valence electrons. The van der Waals surface area contributed by atoms with Crippen molar-refractivity contribution >= 4 is 33.4 Å². The average molecular weight is 324 g/mol. The predicted molar refractivity (Wildman–Crippen MR) is 74.9 cm³/mol. The highest BCUT2D eigenvalue weighted by atomic mass is 79.9. The van der Waals surface area contributed by atoms with Crippen LogP contribution >= 0.6 is 15.9 Å². The highest BCUT2D eigenvalue weighted by Gasteiger charge is 2.12. The lowest BCUT2D eigenvalue weighted by atomic mass is 10.1. The van der Waals surface area contributed by atoms with Crippen LogP contribution in [0.3, 0.4) is 0 Å². The fraction of sp³-hybridized carbons (Fsp3) is 0. The van der Waals surface area contributed by atoms with E-state index in [2.05, 4.69) is 26.2 Å². The van der Waals surface area contributed by atoms with Crippen molar-refractivity contribution in [2.75, 3.05) is 5.32 Å². The summed E-state index contributed by atoms with van der Waals surface area (Å²) in [7, 11) is 0. The first-order chi connectivity index (χ1) is 10.9. The molecule has 0 radical (unpaired) electrons. The van der Waals surface area contributed by atoms with Gasteiger partial charge in [-0.2, -0.15) is 0 Å². The van der Waals surface area contributed by atoms with E-state index in [1.54, 1.807) is 11.8 Å². The van der Waals surface area contributed by atoms with Gasteiger partial charge in [0.1, 0.15) is 0 Å². The second-order valence-electron chi connectivity index (χ2n) is 3.46. The second kappa shape index (κ2) is 5.62. The standard InChI is InChI=1S/C13H10BrN3O2/c14-9-3-4-10(12(15)18)11(6-9)17-13(19)8-2-1-5-16-7-8/h1-7H,(H2,15,18)(H,17,19)/i3D,4D,6D/hD. The fourth-order valence-corrected chi connectivity index (χ4v) is 1.63. The van der Waals surface area contributed by atoms with Crippen LogP contribution in [0, 0.1) is 0 Å². The largest absolute Gasteiger partial charge is 0.366 e. The van der Waals surface area contributed by atoms with Crippen LogP contribution in [0.4, 0.5) is 5.69 Å². The number of nitrogens with one attached hydrogen (secondary N) is 1. The molecule has 0 aliphatic rings. The Morgan fingerprint density at radius 3 is 3.00 bits per heavy atom. The lowest BCUT2D eigenvalue weighted by Gasteiger charge is -2.09. The third-order valence-electron chi connectivity index (χ3n) is 2.17. The summed E-state index contributed by atoms with van der Waals surface area (Å²) in [4.78, 5) is 27.8. The van der Waals surface area contributed by atoms with Gasteiger partial charge in [0.2, 0.25) is 0 Å². The molecule has 2 rings (SSSR count). The van der Waals surface area contributed by atoms with Gasteiger partial charge in [-0.1, -0.05) is 15.9 Å². The van der Waals surface area contributed by atoms with Crippen LogP contribution in [0.15, 0.2) is 47.1 Å². The topological polar surface area (TPSA) is 85.1 Å². The molecule has 0 unspecified atom stereocenters. The average Bonchev–Trinajstić information content (AvgIpc) is 2.58. The van der Waals surface area contributed by atoms with Crippen molar-refractivity contribution in [2.45, 2.75) is 0 Å². The number of rotatable bonds is 3. The first kappa shape index (κ1) is 8.82. The maximum Gasteiger partial charge on any atom is 0.257 e. The van der Waals surface area contributed by atoms with Gasteiger partial charge in [0.25, 0.3) is 11.8 Å². The Kier molecular flexibility index (Phi) is 2.61. The lowest BCUT2D eigenvalue weighted by molar-refractivity contribution is 0.100. The molecule has 0 spiro atoms. The molecule has 0 saturated carbocycles. The van der Waals surface area contributed by atoms with E-state index in [1.807, 2.05) is 0 Å². The number of pyridine rings is 1. The van der Waals surface area contributed by atoms with Crippen LogP contribution in [0.1, 0.15) is 24.8 Å². The molecule has 0 saturated heterocycles. The SMILES string of the molecule is [2H]NC(=O)c1c([2H])c([2H])c(Br)c([2H])c1NC(=O)c1cccnc1. The number of hydrogen-bond donors (Lipinski definition) is 2. The van der Waals surface area contributed by atoms with Crippen molar-refractivity contribution in [3.63, 3.8) is 0 Å². The minimum atomic E-state index is -0.994. The van der Waals surface area contributed by atoms with E-state index in [0.29, 0.717) is 0 Å². The molecule has 2 amide bonds. The number of carbonyl (C=O) groups excluding carboxylic acids is 2. The second-order valence-corrected chi connectivity index (χ2v) is 4.26. The van der Waals surface area contributed by atoms with Gasteiger partial charge in [0.15, 0.2) is 1.41 Å². The number of amides is 2. The quantitative estimate of drug-likeness (QED) is 0.907. The van der Waals surface area contributed by atoms with Gasteiger partial charge in [0, 0.05) is 16.9 Å². The van der Waals surface area contributed by atoms with E-state index in [0.717, 1.165) is 0 Å². The third kappa shape index (κ3) is 3.17. The molecule has 2 aromatic rings. The number of hydrogen-bond acceptors (Lipinski definition) is 3. The lowest BCUT2D eigenvalue weighted by Crippen LogP contribution is -2.18. The van der Waals surface area contributed by atoms with E-state index in [4.69, 9.17) is 5.52 Å². The van der Waals surface area contributed by atoms with Gasteiger partial charge in [-0.05, 0) is 30.3 Å². The maximum absolute atomic E-state index is 12.2. The van der Waals surface area contributed by atoms with Gasteiger partial charge in [-0.25, -0.2) is 0 Å². The van der Waals surface area contributed by atoms with Crippen molar-refractivity contribution in [3.8, 4) is 0 Å². The molecular weight excluding hydrogens is 310 g/mol. The molecule has 3 N–H and O–H groups in total. The number of nitrogens with two attached hydrogens (primary N) is 1. The summed E-state index contributed by atoms with van der Waals surface area (Å²) < 4.78 is 30.4. The summed E-state index contributed by atoms with van der Waals surface area (Å²) in [5, 5.41) is 2.38. The molecule has 0 aliphatic heterocycles. The zero-order valence-corrected chi connectivity index (χ0v) is 11.0. The Morgan fingerprint density at radius 1 is 1.47 bits per heavy atom. The molecule has 6 heteroatoms. The van der Waals surface area contributed by atoms with Crippen molar-refractivity contribution in [1.82, 2.24) is 4.98 Å². The van der Waals surface area contributed by atoms with Crippen molar-refractivity contribution in [3.05, 3.63) is 58.3 Å². The molecule has 0 aliphatic carbocycles. The Labute approximate surface area is 123 Å². The van der Waals surface area contributed by atoms with E-state index < -0.39 is 23.4 Å². The predicted octanol–water partition coefficient (Wildman–Crippen LogP) is 2.20. The number of nitrogens with zero attached hydrogens (tertiary/aromatic N) is 1. The summed E-state index contributed by atoms with van der Waals surface area (Å²) in [6.45, 7) is 0. The van der Waals surface area contributed by atoms with Crippen LogP contribution in [-0.2, 0) is 0 Å². The molecular formula is C13H10BrN3O2. The maximum atomic E-state index is 12.2. The normalized spacial score (nSPS) is 12.7. The zero-order valence-electron chi connectivity index (χ0n) is 13.5. The summed E-state index contributed by atoms with van der Waals surface area (Å²) in [5.74, 6) is -1.62. The van der Waals surface area contributed by atoms with Crippen LogP contribution in [0.25, 0.3) is 0 Å². The summed E-state index contributed by atoms with van der Waals surface area (Å²) in [5.41, 5.74) is 1.12.